The van der Waals surface area contributed by atoms with E-state index in [1.54, 1.807) is 0 Å². The molecule has 5 N–H and O–H groups in total. The largest absolute Gasteiger partial charge is 0.355 e. The Morgan fingerprint density at radius 3 is 2.53 bits per heavy atom. The molecule has 6 heteroatoms. The lowest BCUT2D eigenvalue weighted by atomic mass is 10.2. The van der Waals surface area contributed by atoms with Crippen molar-refractivity contribution in [2.75, 3.05) is 19.6 Å². The normalized spacial score (nSPS) is 21.9. The Balaban J connectivity index is 2.02. The third-order valence-corrected chi connectivity index (χ3v) is 3.23. The van der Waals surface area contributed by atoms with Crippen molar-refractivity contribution in [1.82, 2.24) is 16.0 Å². The van der Waals surface area contributed by atoms with Crippen LogP contribution in [0.25, 0.3) is 0 Å². The molecular weight excluding hydrogens is 244 g/mol. The summed E-state index contributed by atoms with van der Waals surface area (Å²) in [6, 6.07) is 0.166. The van der Waals surface area contributed by atoms with Gasteiger partial charge < -0.3 is 21.7 Å². The summed E-state index contributed by atoms with van der Waals surface area (Å²) in [5.41, 5.74) is 5.55. The second kappa shape index (κ2) is 8.66. The van der Waals surface area contributed by atoms with Gasteiger partial charge >= 0.3 is 0 Å². The molecular formula is C13H24N4O2. The van der Waals surface area contributed by atoms with Gasteiger partial charge in [-0.3, -0.25) is 9.59 Å². The van der Waals surface area contributed by atoms with E-state index in [1.165, 1.54) is 6.08 Å². The molecule has 0 spiro atoms. The van der Waals surface area contributed by atoms with Crippen LogP contribution in [-0.2, 0) is 9.59 Å². The van der Waals surface area contributed by atoms with Crippen molar-refractivity contribution in [3.05, 3.63) is 12.7 Å². The Kier molecular flexibility index (Phi) is 7.14. The third kappa shape index (κ3) is 5.85. The van der Waals surface area contributed by atoms with E-state index in [2.05, 4.69) is 22.5 Å². The van der Waals surface area contributed by atoms with Gasteiger partial charge in [-0.15, -0.1) is 0 Å². The van der Waals surface area contributed by atoms with Gasteiger partial charge in [0.05, 0.1) is 6.04 Å². The van der Waals surface area contributed by atoms with Crippen molar-refractivity contribution in [1.29, 1.82) is 0 Å². The monoisotopic (exact) mass is 268 g/mol. The molecule has 108 valence electrons. The predicted octanol–water partition coefficient (Wildman–Crippen LogP) is -0.736. The van der Waals surface area contributed by atoms with Crippen LogP contribution in [0.15, 0.2) is 12.7 Å². The number of carbonyl (C=O) groups excluding carboxylic acids is 2. The second-order valence-electron chi connectivity index (χ2n) is 4.72. The summed E-state index contributed by atoms with van der Waals surface area (Å²) >= 11 is 0. The summed E-state index contributed by atoms with van der Waals surface area (Å²) in [6.45, 7) is 5.19. The molecule has 2 atom stereocenters. The average molecular weight is 268 g/mol. The Bertz CT molecular complexity index is 320. The lowest BCUT2D eigenvalue weighted by Gasteiger charge is -2.13. The van der Waals surface area contributed by atoms with Crippen LogP contribution in [0.1, 0.15) is 25.7 Å². The van der Waals surface area contributed by atoms with Crippen LogP contribution in [0.3, 0.4) is 0 Å². The van der Waals surface area contributed by atoms with Crippen molar-refractivity contribution >= 4 is 11.8 Å². The van der Waals surface area contributed by atoms with Gasteiger partial charge in [-0.05, 0) is 31.8 Å². The van der Waals surface area contributed by atoms with Gasteiger partial charge in [0, 0.05) is 25.7 Å². The number of nitrogens with two attached hydrogens (primary N) is 1. The lowest BCUT2D eigenvalue weighted by Crippen LogP contribution is -2.44. The van der Waals surface area contributed by atoms with Gasteiger partial charge in [0.25, 0.3) is 0 Å². The van der Waals surface area contributed by atoms with Crippen molar-refractivity contribution in [2.45, 2.75) is 37.8 Å². The standard InChI is InChI=1S/C13H24N4O2/c1-2-12(18)15-7-3-4-8-16-13(19)11-6-5-10(9-14)17-11/h2,10-11,17H,1,3-9,14H2,(H,15,18)(H,16,19). The number of unbranched alkanes of at least 4 members (excludes halogenated alkanes) is 1. The molecule has 1 aliphatic rings. The summed E-state index contributed by atoms with van der Waals surface area (Å²) in [5.74, 6) is -0.113. The minimum atomic E-state index is -0.160. The molecule has 2 unspecified atom stereocenters. The van der Waals surface area contributed by atoms with E-state index in [4.69, 9.17) is 5.73 Å². The van der Waals surface area contributed by atoms with Gasteiger partial charge in [-0.2, -0.15) is 0 Å². The first kappa shape index (κ1) is 15.7. The highest BCUT2D eigenvalue weighted by Crippen LogP contribution is 2.11. The first-order chi connectivity index (χ1) is 9.17. The maximum absolute atomic E-state index is 11.8. The molecule has 0 aromatic carbocycles. The van der Waals surface area contributed by atoms with E-state index in [1.807, 2.05) is 0 Å². The third-order valence-electron chi connectivity index (χ3n) is 3.23. The van der Waals surface area contributed by atoms with Crippen LogP contribution in [-0.4, -0.2) is 43.5 Å². The summed E-state index contributed by atoms with van der Waals surface area (Å²) < 4.78 is 0. The fraction of sp³-hybridized carbons (Fsp3) is 0.692. The van der Waals surface area contributed by atoms with Crippen molar-refractivity contribution in [3.8, 4) is 0 Å². The van der Waals surface area contributed by atoms with E-state index in [0.717, 1.165) is 25.7 Å². The molecule has 1 aliphatic heterocycles. The summed E-state index contributed by atoms with van der Waals surface area (Å²) in [4.78, 5) is 22.7. The van der Waals surface area contributed by atoms with Crippen LogP contribution in [0.2, 0.25) is 0 Å². The van der Waals surface area contributed by atoms with E-state index < -0.39 is 0 Å². The lowest BCUT2D eigenvalue weighted by molar-refractivity contribution is -0.123. The number of carbonyl (C=O) groups is 2. The Morgan fingerprint density at radius 2 is 1.95 bits per heavy atom. The van der Waals surface area contributed by atoms with Gasteiger partial charge in [-0.1, -0.05) is 6.58 Å². The molecule has 1 rings (SSSR count). The average Bonchev–Trinajstić information content (AvgIpc) is 2.91. The van der Waals surface area contributed by atoms with Gasteiger partial charge in [0.15, 0.2) is 0 Å². The summed E-state index contributed by atoms with van der Waals surface area (Å²) in [6.07, 6.45) is 4.74. The zero-order chi connectivity index (χ0) is 14.1. The number of hydrogen-bond acceptors (Lipinski definition) is 4. The van der Waals surface area contributed by atoms with Gasteiger partial charge in [0.2, 0.25) is 11.8 Å². The van der Waals surface area contributed by atoms with Gasteiger partial charge in [-0.25, -0.2) is 0 Å². The number of rotatable bonds is 8. The molecule has 0 radical (unpaired) electrons. The molecule has 19 heavy (non-hydrogen) atoms. The molecule has 1 fully saturated rings. The zero-order valence-electron chi connectivity index (χ0n) is 11.3. The van der Waals surface area contributed by atoms with Gasteiger partial charge in [0.1, 0.15) is 0 Å². The van der Waals surface area contributed by atoms with Crippen LogP contribution in [0.5, 0.6) is 0 Å². The fourth-order valence-electron chi connectivity index (χ4n) is 2.08. The van der Waals surface area contributed by atoms with Crippen molar-refractivity contribution in [2.24, 2.45) is 5.73 Å². The topological polar surface area (TPSA) is 96.2 Å². The second-order valence-corrected chi connectivity index (χ2v) is 4.72. The van der Waals surface area contributed by atoms with Crippen LogP contribution in [0.4, 0.5) is 0 Å². The molecule has 2 amide bonds. The quantitative estimate of drug-likeness (QED) is 0.344. The van der Waals surface area contributed by atoms with E-state index in [9.17, 15) is 9.59 Å². The highest BCUT2D eigenvalue weighted by molar-refractivity contribution is 5.86. The van der Waals surface area contributed by atoms with E-state index >= 15 is 0 Å². The SMILES string of the molecule is C=CC(=O)NCCCCNC(=O)C1CCC(CN)N1. The molecule has 1 heterocycles. The number of hydrogen-bond donors (Lipinski definition) is 4. The smallest absolute Gasteiger partial charge is 0.243 e. The summed E-state index contributed by atoms with van der Waals surface area (Å²) in [5, 5.41) is 8.80. The first-order valence-corrected chi connectivity index (χ1v) is 6.81. The van der Waals surface area contributed by atoms with Crippen LogP contribution < -0.4 is 21.7 Å². The van der Waals surface area contributed by atoms with Crippen molar-refractivity contribution < 1.29 is 9.59 Å². The van der Waals surface area contributed by atoms with E-state index in [0.29, 0.717) is 19.6 Å². The molecule has 0 saturated carbocycles. The zero-order valence-corrected chi connectivity index (χ0v) is 11.3. The van der Waals surface area contributed by atoms with Crippen molar-refractivity contribution in [3.63, 3.8) is 0 Å². The maximum Gasteiger partial charge on any atom is 0.243 e. The maximum atomic E-state index is 11.8. The molecule has 0 aromatic heterocycles. The minimum Gasteiger partial charge on any atom is -0.355 e. The first-order valence-electron chi connectivity index (χ1n) is 6.81. The highest BCUT2D eigenvalue weighted by Gasteiger charge is 2.27. The number of nitrogens with one attached hydrogen (secondary N) is 3. The van der Waals surface area contributed by atoms with Crippen LogP contribution in [0, 0.1) is 0 Å². The van der Waals surface area contributed by atoms with Crippen LogP contribution >= 0.6 is 0 Å². The molecule has 0 aliphatic carbocycles. The number of amides is 2. The van der Waals surface area contributed by atoms with E-state index in [-0.39, 0.29) is 23.9 Å². The fourth-order valence-corrected chi connectivity index (χ4v) is 2.08. The Hall–Kier alpha value is -1.40. The molecule has 0 aromatic rings. The predicted molar refractivity (Wildman–Crippen MR) is 74.5 cm³/mol. The summed E-state index contributed by atoms with van der Waals surface area (Å²) in [7, 11) is 0. The molecule has 0 bridgehead atoms. The minimum absolute atomic E-state index is 0.0473. The Labute approximate surface area is 114 Å². The molecule has 1 saturated heterocycles. The molecule has 6 nitrogen and oxygen atoms in total. The Morgan fingerprint density at radius 1 is 1.26 bits per heavy atom. The highest BCUT2D eigenvalue weighted by atomic mass is 16.2.